The molecule has 1 aromatic heterocycles. The van der Waals surface area contributed by atoms with Crippen molar-refractivity contribution in [3.63, 3.8) is 0 Å². The van der Waals surface area contributed by atoms with Gasteiger partial charge in [0.2, 0.25) is 5.91 Å². The quantitative estimate of drug-likeness (QED) is 0.352. The molecule has 1 heterocycles. The number of rotatable bonds is 12. The van der Waals surface area contributed by atoms with E-state index in [1.807, 2.05) is 54.8 Å². The van der Waals surface area contributed by atoms with E-state index in [1.54, 1.807) is 16.2 Å². The summed E-state index contributed by atoms with van der Waals surface area (Å²) in [5, 5.41) is 1.98. The minimum atomic E-state index is -1.20. The molecule has 29 heavy (non-hydrogen) atoms. The van der Waals surface area contributed by atoms with Crippen LogP contribution >= 0.6 is 34.5 Å². The summed E-state index contributed by atoms with van der Waals surface area (Å²) < 4.78 is 5.33. The second-order valence-electron chi connectivity index (χ2n) is 6.43. The predicted molar refractivity (Wildman–Crippen MR) is 118 cm³/mol. The van der Waals surface area contributed by atoms with E-state index in [0.29, 0.717) is 39.3 Å². The van der Waals surface area contributed by atoms with Crippen LogP contribution in [0.25, 0.3) is 0 Å². The molecule has 0 saturated heterocycles. The van der Waals surface area contributed by atoms with Crippen LogP contribution in [0.2, 0.25) is 0 Å². The molecule has 0 unspecified atom stereocenters. The Kier molecular flexibility index (Phi) is 10.5. The monoisotopic (exact) mass is 456 g/mol. The second-order valence-corrected chi connectivity index (χ2v) is 8.55. The molecule has 0 bridgehead atoms. The van der Waals surface area contributed by atoms with Crippen LogP contribution < -0.4 is 0 Å². The smallest absolute Gasteiger partial charge is 0.256 e. The molecule has 5 nitrogen and oxygen atoms in total. The first-order valence-electron chi connectivity index (χ1n) is 9.50. The fourth-order valence-corrected chi connectivity index (χ4v) is 3.79. The minimum absolute atomic E-state index is 0.0703. The molecule has 2 amide bonds. The summed E-state index contributed by atoms with van der Waals surface area (Å²) in [6.07, 6.45) is 0.608. The molecule has 2 rings (SSSR count). The van der Waals surface area contributed by atoms with Crippen molar-refractivity contribution in [3.8, 4) is 0 Å². The first-order valence-corrected chi connectivity index (χ1v) is 11.2. The van der Waals surface area contributed by atoms with Gasteiger partial charge in [0.15, 0.2) is 4.84 Å². The first-order chi connectivity index (χ1) is 14.0. The highest BCUT2D eigenvalue weighted by molar-refractivity contribution is 7.09. The fraction of sp³-hybridized carbons (Fsp3) is 0.429. The van der Waals surface area contributed by atoms with Gasteiger partial charge in [-0.3, -0.25) is 9.59 Å². The van der Waals surface area contributed by atoms with Gasteiger partial charge in [0.1, 0.15) is 0 Å². The van der Waals surface area contributed by atoms with Crippen molar-refractivity contribution in [2.75, 3.05) is 26.3 Å². The molecule has 0 saturated carbocycles. The number of ether oxygens (including phenoxy) is 1. The van der Waals surface area contributed by atoms with Gasteiger partial charge in [-0.05, 0) is 30.4 Å². The second kappa shape index (κ2) is 12.9. The maximum Gasteiger partial charge on any atom is 0.256 e. The lowest BCUT2D eigenvalue weighted by Crippen LogP contribution is -2.44. The molecular weight excluding hydrogens is 431 g/mol. The number of amides is 2. The van der Waals surface area contributed by atoms with Gasteiger partial charge in [-0.2, -0.15) is 0 Å². The van der Waals surface area contributed by atoms with Gasteiger partial charge < -0.3 is 14.5 Å². The Hall–Kier alpha value is -1.60. The van der Waals surface area contributed by atoms with Crippen molar-refractivity contribution in [1.29, 1.82) is 0 Å². The third-order valence-electron chi connectivity index (χ3n) is 4.24. The lowest BCUT2D eigenvalue weighted by Gasteiger charge is -2.28. The molecule has 1 aromatic carbocycles. The van der Waals surface area contributed by atoms with Crippen LogP contribution in [0.15, 0.2) is 47.8 Å². The molecule has 0 aliphatic carbocycles. The Balaban J connectivity index is 2.09. The molecule has 8 heteroatoms. The van der Waals surface area contributed by atoms with Crippen molar-refractivity contribution < 1.29 is 14.3 Å². The minimum Gasteiger partial charge on any atom is -0.382 e. The van der Waals surface area contributed by atoms with Crippen LogP contribution in [-0.4, -0.2) is 52.8 Å². The maximum absolute atomic E-state index is 13.1. The lowest BCUT2D eigenvalue weighted by molar-refractivity contribution is -0.140. The Bertz CT molecular complexity index is 742. The van der Waals surface area contributed by atoms with Gasteiger partial charge in [0, 0.05) is 31.2 Å². The average Bonchev–Trinajstić information content (AvgIpc) is 3.23. The molecule has 0 atom stereocenters. The van der Waals surface area contributed by atoms with Crippen molar-refractivity contribution >= 4 is 46.4 Å². The zero-order valence-electron chi connectivity index (χ0n) is 16.4. The zero-order chi connectivity index (χ0) is 21.1. The molecule has 0 spiro atoms. The van der Waals surface area contributed by atoms with Crippen LogP contribution in [-0.2, 0) is 27.4 Å². The predicted octanol–water partition coefficient (Wildman–Crippen LogP) is 4.34. The van der Waals surface area contributed by atoms with E-state index in [9.17, 15) is 9.59 Å². The van der Waals surface area contributed by atoms with Crippen LogP contribution in [0.1, 0.15) is 23.8 Å². The molecule has 0 fully saturated rings. The highest BCUT2D eigenvalue weighted by Crippen LogP contribution is 2.16. The maximum atomic E-state index is 13.1. The molecule has 0 N–H and O–H groups in total. The molecule has 0 radical (unpaired) electrons. The Labute approximate surface area is 186 Å². The van der Waals surface area contributed by atoms with Gasteiger partial charge in [-0.1, -0.05) is 59.6 Å². The molecule has 2 aromatic rings. The molecule has 0 aliphatic rings. The number of halogens is 2. The zero-order valence-corrected chi connectivity index (χ0v) is 18.8. The van der Waals surface area contributed by atoms with Gasteiger partial charge in [0.05, 0.1) is 13.1 Å². The topological polar surface area (TPSA) is 49.9 Å². The normalized spacial score (nSPS) is 10.9. The van der Waals surface area contributed by atoms with Crippen molar-refractivity contribution in [2.24, 2.45) is 0 Å². The number of alkyl halides is 2. The molecular formula is C21H26Cl2N2O3S. The molecule has 158 valence electrons. The van der Waals surface area contributed by atoms with Crippen LogP contribution in [0.4, 0.5) is 0 Å². The average molecular weight is 457 g/mol. The van der Waals surface area contributed by atoms with Gasteiger partial charge in [-0.15, -0.1) is 11.3 Å². The van der Waals surface area contributed by atoms with Crippen molar-refractivity contribution in [3.05, 3.63) is 58.3 Å². The van der Waals surface area contributed by atoms with E-state index in [-0.39, 0.29) is 12.5 Å². The van der Waals surface area contributed by atoms with Gasteiger partial charge in [-0.25, -0.2) is 0 Å². The SMILES string of the molecule is CCOCCCN(CC(=O)N(Cc1ccccc1)Cc1cccs1)C(=O)C(Cl)Cl. The van der Waals surface area contributed by atoms with E-state index in [2.05, 4.69) is 0 Å². The van der Waals surface area contributed by atoms with E-state index >= 15 is 0 Å². The number of hydrogen-bond acceptors (Lipinski definition) is 4. The van der Waals surface area contributed by atoms with E-state index < -0.39 is 10.7 Å². The fourth-order valence-electron chi connectivity index (χ4n) is 2.80. The van der Waals surface area contributed by atoms with Gasteiger partial charge in [0.25, 0.3) is 5.91 Å². The third kappa shape index (κ3) is 8.34. The standard InChI is InChI=1S/C21H26Cl2N2O3S/c1-2-28-12-7-11-24(21(27)20(22)23)16-19(26)25(15-18-10-6-13-29-18)14-17-8-4-3-5-9-17/h3-6,8-10,13,20H,2,7,11-12,14-16H2,1H3. The highest BCUT2D eigenvalue weighted by Gasteiger charge is 2.25. The third-order valence-corrected chi connectivity index (χ3v) is 5.48. The number of carbonyl (C=O) groups excluding carboxylic acids is 2. The number of nitrogens with zero attached hydrogens (tertiary/aromatic N) is 2. The Morgan fingerprint density at radius 1 is 1.07 bits per heavy atom. The number of hydrogen-bond donors (Lipinski definition) is 0. The summed E-state index contributed by atoms with van der Waals surface area (Å²) >= 11 is 13.2. The number of benzene rings is 1. The Morgan fingerprint density at radius 3 is 2.45 bits per heavy atom. The number of carbonyl (C=O) groups is 2. The van der Waals surface area contributed by atoms with Crippen LogP contribution in [0.5, 0.6) is 0 Å². The Morgan fingerprint density at radius 2 is 1.83 bits per heavy atom. The molecule has 0 aliphatic heterocycles. The first kappa shape index (κ1) is 23.7. The summed E-state index contributed by atoms with van der Waals surface area (Å²) in [6.45, 7) is 4.25. The lowest BCUT2D eigenvalue weighted by atomic mass is 10.2. The largest absolute Gasteiger partial charge is 0.382 e. The summed E-state index contributed by atoms with van der Waals surface area (Å²) in [4.78, 5) is 28.6. The summed E-state index contributed by atoms with van der Waals surface area (Å²) in [7, 11) is 0. The van der Waals surface area contributed by atoms with E-state index in [0.717, 1.165) is 10.4 Å². The van der Waals surface area contributed by atoms with Crippen LogP contribution in [0, 0.1) is 0 Å². The highest BCUT2D eigenvalue weighted by atomic mass is 35.5. The summed E-state index contributed by atoms with van der Waals surface area (Å²) in [5.74, 6) is -0.616. The van der Waals surface area contributed by atoms with Gasteiger partial charge >= 0.3 is 0 Å². The van der Waals surface area contributed by atoms with E-state index in [1.165, 1.54) is 4.90 Å². The number of thiophene rings is 1. The van der Waals surface area contributed by atoms with Crippen LogP contribution in [0.3, 0.4) is 0 Å². The summed E-state index contributed by atoms with van der Waals surface area (Å²) in [6, 6.07) is 13.7. The summed E-state index contributed by atoms with van der Waals surface area (Å²) in [5.41, 5.74) is 1.03. The van der Waals surface area contributed by atoms with Crippen molar-refractivity contribution in [2.45, 2.75) is 31.3 Å². The van der Waals surface area contributed by atoms with Crippen molar-refractivity contribution in [1.82, 2.24) is 9.80 Å². The van der Waals surface area contributed by atoms with E-state index in [4.69, 9.17) is 27.9 Å².